The molecule has 0 bridgehead atoms. The lowest BCUT2D eigenvalue weighted by Gasteiger charge is -2.08. The molecule has 76 valence electrons. The molecule has 14 heavy (non-hydrogen) atoms. The molecule has 0 aromatic heterocycles. The van der Waals surface area contributed by atoms with Crippen LogP contribution >= 0.6 is 23.2 Å². The van der Waals surface area contributed by atoms with Crippen molar-refractivity contribution >= 4 is 40.0 Å². The van der Waals surface area contributed by atoms with Gasteiger partial charge in [0.15, 0.2) is 0 Å². The van der Waals surface area contributed by atoms with Gasteiger partial charge in [0.1, 0.15) is 0 Å². The van der Waals surface area contributed by atoms with Gasteiger partial charge < -0.3 is 4.55 Å². The Kier molecular flexibility index (Phi) is 3.43. The first-order valence-corrected chi connectivity index (χ1v) is 4.99. The van der Waals surface area contributed by atoms with Crippen LogP contribution in [0.4, 0.5) is 5.69 Å². The Morgan fingerprint density at radius 1 is 1.29 bits per heavy atom. The van der Waals surface area contributed by atoms with Crippen molar-refractivity contribution in [2.24, 2.45) is 0 Å². The maximum atomic E-state index is 10.6. The Balaban J connectivity index is 3.39. The molecule has 0 aliphatic carbocycles. The van der Waals surface area contributed by atoms with E-state index in [0.29, 0.717) is 0 Å². The fourth-order valence-corrected chi connectivity index (χ4v) is 2.10. The van der Waals surface area contributed by atoms with Crippen molar-refractivity contribution in [3.8, 4) is 0 Å². The molecule has 1 aromatic rings. The van der Waals surface area contributed by atoms with Crippen LogP contribution in [0.15, 0.2) is 17.0 Å². The first-order valence-electron chi connectivity index (χ1n) is 3.16. The summed E-state index contributed by atoms with van der Waals surface area (Å²) in [6, 6.07) is 1.86. The predicted octanol–water partition coefficient (Wildman–Crippen LogP) is 2.14. The molecule has 0 aliphatic rings. The Hall–Kier alpha value is -0.690. The van der Waals surface area contributed by atoms with Crippen molar-refractivity contribution < 1.29 is 13.7 Å². The lowest BCUT2D eigenvalue weighted by molar-refractivity contribution is -0.384. The van der Waals surface area contributed by atoms with Gasteiger partial charge in [-0.25, -0.2) is 0 Å². The predicted molar refractivity (Wildman–Crippen MR) is 50.3 cm³/mol. The van der Waals surface area contributed by atoms with E-state index in [1.54, 1.807) is 0 Å². The van der Waals surface area contributed by atoms with Crippen LogP contribution in [-0.4, -0.2) is 13.7 Å². The van der Waals surface area contributed by atoms with Gasteiger partial charge in [-0.1, -0.05) is 23.2 Å². The molecule has 0 radical (unpaired) electrons. The van der Waals surface area contributed by atoms with Crippen LogP contribution in [0.25, 0.3) is 0 Å². The van der Waals surface area contributed by atoms with Crippen LogP contribution in [0.3, 0.4) is 0 Å². The van der Waals surface area contributed by atoms with E-state index in [9.17, 15) is 18.9 Å². The fourth-order valence-electron chi connectivity index (χ4n) is 0.811. The minimum absolute atomic E-state index is 0.266. The molecular weight excluding hydrogens is 253 g/mol. The number of nitro groups is 1. The van der Waals surface area contributed by atoms with E-state index < -0.39 is 16.0 Å². The van der Waals surface area contributed by atoms with Gasteiger partial charge in [-0.3, -0.25) is 14.3 Å². The highest BCUT2D eigenvalue weighted by Crippen LogP contribution is 2.31. The van der Waals surface area contributed by atoms with Crippen LogP contribution in [-0.2, 0) is 11.1 Å². The van der Waals surface area contributed by atoms with E-state index in [1.807, 2.05) is 0 Å². The summed E-state index contributed by atoms with van der Waals surface area (Å²) in [5, 5.41) is 9.79. The van der Waals surface area contributed by atoms with Crippen molar-refractivity contribution in [3.63, 3.8) is 0 Å². The normalized spacial score (nSPS) is 12.5. The van der Waals surface area contributed by atoms with Crippen LogP contribution in [0.2, 0.25) is 10.0 Å². The second-order valence-electron chi connectivity index (χ2n) is 2.23. The number of nitrogens with zero attached hydrogens (tertiary/aromatic N) is 1. The Labute approximate surface area is 91.1 Å². The topological polar surface area (TPSA) is 83.3 Å². The second kappa shape index (κ2) is 4.22. The summed E-state index contributed by atoms with van der Waals surface area (Å²) >= 11 is 8.37. The van der Waals surface area contributed by atoms with E-state index in [2.05, 4.69) is 0 Å². The third-order valence-electron chi connectivity index (χ3n) is 1.36. The quantitative estimate of drug-likeness (QED) is 0.460. The summed E-state index contributed by atoms with van der Waals surface area (Å²) < 4.78 is 21.2. The van der Waals surface area contributed by atoms with Crippen molar-refractivity contribution in [3.05, 3.63) is 32.3 Å². The largest absolute Gasteiger partial charge is 0.768 e. The van der Waals surface area contributed by atoms with E-state index in [4.69, 9.17) is 23.2 Å². The molecule has 5 nitrogen and oxygen atoms in total. The smallest absolute Gasteiger partial charge is 0.272 e. The highest BCUT2D eigenvalue weighted by atomic mass is 35.5. The second-order valence-corrected chi connectivity index (χ2v) is 3.92. The molecule has 1 unspecified atom stereocenters. The molecule has 0 fully saturated rings. The minimum atomic E-state index is -2.61. The van der Waals surface area contributed by atoms with Gasteiger partial charge in [0, 0.05) is 12.1 Å². The zero-order valence-electron chi connectivity index (χ0n) is 6.40. The van der Waals surface area contributed by atoms with Gasteiger partial charge in [-0.15, -0.1) is 0 Å². The molecule has 0 aliphatic heterocycles. The van der Waals surface area contributed by atoms with Gasteiger partial charge in [0.2, 0.25) is 0 Å². The Morgan fingerprint density at radius 3 is 2.00 bits per heavy atom. The molecular formula is C6H2Cl2NO4S-. The maximum absolute atomic E-state index is 10.6. The SMILES string of the molecule is O=[N+]([O-])c1cc(Cl)c(S(=O)[O-])c(Cl)c1. The average molecular weight is 255 g/mol. The highest BCUT2D eigenvalue weighted by Gasteiger charge is 2.14. The number of hydrogen-bond donors (Lipinski definition) is 0. The molecule has 0 amide bonds. The molecule has 0 saturated carbocycles. The molecule has 0 N–H and O–H groups in total. The van der Waals surface area contributed by atoms with Crippen molar-refractivity contribution in [1.82, 2.24) is 0 Å². The van der Waals surface area contributed by atoms with Gasteiger partial charge >= 0.3 is 0 Å². The number of hydrogen-bond acceptors (Lipinski definition) is 4. The lowest BCUT2D eigenvalue weighted by Crippen LogP contribution is -1.95. The first kappa shape index (κ1) is 11.4. The van der Waals surface area contributed by atoms with Crippen LogP contribution in [0.1, 0.15) is 0 Å². The fraction of sp³-hybridized carbons (Fsp3) is 0. The van der Waals surface area contributed by atoms with E-state index >= 15 is 0 Å². The third-order valence-corrected chi connectivity index (χ3v) is 2.95. The number of benzene rings is 1. The molecule has 1 atom stereocenters. The van der Waals surface area contributed by atoms with E-state index in [1.165, 1.54) is 0 Å². The van der Waals surface area contributed by atoms with Gasteiger partial charge in [-0.05, 0) is 11.1 Å². The zero-order valence-corrected chi connectivity index (χ0v) is 8.73. The molecule has 1 aromatic carbocycles. The van der Waals surface area contributed by atoms with Crippen molar-refractivity contribution in [2.75, 3.05) is 0 Å². The van der Waals surface area contributed by atoms with Crippen LogP contribution in [0.5, 0.6) is 0 Å². The Morgan fingerprint density at radius 2 is 1.71 bits per heavy atom. The monoisotopic (exact) mass is 254 g/mol. The van der Waals surface area contributed by atoms with Gasteiger partial charge in [-0.2, -0.15) is 0 Å². The molecule has 0 spiro atoms. The van der Waals surface area contributed by atoms with E-state index in [0.717, 1.165) is 12.1 Å². The Bertz CT molecular complexity index is 399. The molecule has 0 saturated heterocycles. The van der Waals surface area contributed by atoms with Crippen LogP contribution < -0.4 is 0 Å². The summed E-state index contributed by atoms with van der Waals surface area (Å²) in [7, 11) is 0. The first-order chi connectivity index (χ1) is 6.43. The number of rotatable bonds is 2. The number of halogens is 2. The summed E-state index contributed by atoms with van der Waals surface area (Å²) in [5.74, 6) is 0. The summed E-state index contributed by atoms with van der Waals surface area (Å²) in [4.78, 5) is 9.27. The molecule has 0 heterocycles. The van der Waals surface area contributed by atoms with Crippen LogP contribution in [0, 0.1) is 10.1 Å². The summed E-state index contributed by atoms with van der Waals surface area (Å²) in [6.45, 7) is 0. The number of nitro benzene ring substituents is 1. The van der Waals surface area contributed by atoms with Gasteiger partial charge in [0.05, 0.1) is 19.9 Å². The standard InChI is InChI=1S/C6H3Cl2NO4S/c7-4-1-3(9(10)11)2-5(8)6(4)14(12)13/h1-2H,(H,12,13)/p-1. The zero-order chi connectivity index (χ0) is 10.9. The number of non-ortho nitro benzene ring substituents is 1. The highest BCUT2D eigenvalue weighted by molar-refractivity contribution is 7.79. The lowest BCUT2D eigenvalue weighted by atomic mass is 10.3. The molecule has 8 heteroatoms. The minimum Gasteiger partial charge on any atom is -0.768 e. The summed E-state index contributed by atoms with van der Waals surface area (Å²) in [6.07, 6.45) is 0. The molecule has 1 rings (SSSR count). The average Bonchev–Trinajstić information content (AvgIpc) is 2.01. The van der Waals surface area contributed by atoms with Crippen molar-refractivity contribution in [2.45, 2.75) is 4.90 Å². The van der Waals surface area contributed by atoms with E-state index in [-0.39, 0.29) is 20.6 Å². The maximum Gasteiger partial charge on any atom is 0.272 e. The van der Waals surface area contributed by atoms with Crippen molar-refractivity contribution in [1.29, 1.82) is 0 Å². The van der Waals surface area contributed by atoms with Gasteiger partial charge in [0.25, 0.3) is 5.69 Å². The summed E-state index contributed by atoms with van der Waals surface area (Å²) in [5.41, 5.74) is -0.353. The third kappa shape index (κ3) is 2.21.